The summed E-state index contributed by atoms with van der Waals surface area (Å²) >= 11 is 5.38. The molecule has 0 bridgehead atoms. The largest absolute Gasteiger partial charge is 0.406 e. The molecule has 2 nitrogen and oxygen atoms in total. The number of aromatic nitrogens is 1. The lowest BCUT2D eigenvalue weighted by Gasteiger charge is -2.09. The van der Waals surface area contributed by atoms with Crippen molar-refractivity contribution in [3.63, 3.8) is 0 Å². The SMILES string of the molecule is O=c1c(CCl)cccn1CC(F)(F)F. The first-order valence-corrected chi connectivity index (χ1v) is 4.28. The molecule has 0 aliphatic heterocycles. The molecule has 0 aliphatic carbocycles. The van der Waals surface area contributed by atoms with Gasteiger partial charge in [0.2, 0.25) is 0 Å². The predicted molar refractivity (Wildman–Crippen MR) is 46.3 cm³/mol. The molecule has 0 aromatic carbocycles. The van der Waals surface area contributed by atoms with Crippen molar-refractivity contribution >= 4 is 11.6 Å². The maximum absolute atomic E-state index is 12.0. The van der Waals surface area contributed by atoms with Gasteiger partial charge in [0.05, 0.1) is 5.88 Å². The molecule has 0 fully saturated rings. The quantitative estimate of drug-likeness (QED) is 0.707. The number of alkyl halides is 4. The zero-order valence-corrected chi connectivity index (χ0v) is 7.77. The highest BCUT2D eigenvalue weighted by Crippen LogP contribution is 2.16. The van der Waals surface area contributed by atoms with E-state index in [1.807, 2.05) is 0 Å². The maximum atomic E-state index is 12.0. The summed E-state index contributed by atoms with van der Waals surface area (Å²) in [5.74, 6) is -0.0858. The average Bonchev–Trinajstić information content (AvgIpc) is 2.06. The monoisotopic (exact) mass is 225 g/mol. The van der Waals surface area contributed by atoms with Gasteiger partial charge in [-0.25, -0.2) is 0 Å². The van der Waals surface area contributed by atoms with E-state index in [1.54, 1.807) is 0 Å². The van der Waals surface area contributed by atoms with E-state index in [1.165, 1.54) is 12.1 Å². The second kappa shape index (κ2) is 4.04. The molecule has 6 heteroatoms. The van der Waals surface area contributed by atoms with Crippen LogP contribution in [0.15, 0.2) is 23.1 Å². The Bertz CT molecular complexity index is 372. The maximum Gasteiger partial charge on any atom is 0.406 e. The Kier molecular flexibility index (Phi) is 3.21. The molecular formula is C8H7ClF3NO. The summed E-state index contributed by atoms with van der Waals surface area (Å²) in [5.41, 5.74) is -0.529. The van der Waals surface area contributed by atoms with Gasteiger partial charge < -0.3 is 4.57 Å². The van der Waals surface area contributed by atoms with Gasteiger partial charge >= 0.3 is 6.18 Å². The third-order valence-electron chi connectivity index (χ3n) is 1.59. The van der Waals surface area contributed by atoms with Crippen LogP contribution in [0.3, 0.4) is 0 Å². The van der Waals surface area contributed by atoms with E-state index in [0.29, 0.717) is 4.57 Å². The lowest BCUT2D eigenvalue weighted by Crippen LogP contribution is -2.29. The summed E-state index contributed by atoms with van der Waals surface area (Å²) in [6, 6.07) is 2.77. The summed E-state index contributed by atoms with van der Waals surface area (Å²) in [4.78, 5) is 11.3. The van der Waals surface area contributed by atoms with Crippen molar-refractivity contribution in [1.82, 2.24) is 4.57 Å². The van der Waals surface area contributed by atoms with E-state index in [2.05, 4.69) is 0 Å². The number of hydrogen-bond donors (Lipinski definition) is 0. The highest BCUT2D eigenvalue weighted by Gasteiger charge is 2.28. The van der Waals surface area contributed by atoms with Gasteiger partial charge in [-0.3, -0.25) is 4.79 Å². The average molecular weight is 226 g/mol. The van der Waals surface area contributed by atoms with Crippen molar-refractivity contribution in [3.05, 3.63) is 34.2 Å². The zero-order chi connectivity index (χ0) is 10.8. The van der Waals surface area contributed by atoms with Gasteiger partial charge in [-0.15, -0.1) is 11.6 Å². The molecule has 1 aromatic heterocycles. The molecule has 0 radical (unpaired) electrons. The molecule has 0 amide bonds. The molecule has 0 atom stereocenters. The van der Waals surface area contributed by atoms with Crippen LogP contribution in [0.5, 0.6) is 0 Å². The van der Waals surface area contributed by atoms with Crippen LogP contribution in [0.1, 0.15) is 5.56 Å². The Morgan fingerprint density at radius 3 is 2.57 bits per heavy atom. The highest BCUT2D eigenvalue weighted by molar-refractivity contribution is 6.17. The van der Waals surface area contributed by atoms with Crippen LogP contribution in [0.2, 0.25) is 0 Å². The smallest absolute Gasteiger partial charge is 0.306 e. The lowest BCUT2D eigenvalue weighted by atomic mass is 10.3. The van der Waals surface area contributed by atoms with E-state index in [-0.39, 0.29) is 11.4 Å². The number of rotatable bonds is 2. The Morgan fingerprint density at radius 2 is 2.07 bits per heavy atom. The van der Waals surface area contributed by atoms with Gasteiger partial charge in [-0.05, 0) is 6.07 Å². The predicted octanol–water partition coefficient (Wildman–Crippen LogP) is 2.15. The van der Waals surface area contributed by atoms with E-state index < -0.39 is 18.3 Å². The first-order valence-electron chi connectivity index (χ1n) is 3.75. The van der Waals surface area contributed by atoms with Gasteiger partial charge in [-0.2, -0.15) is 13.2 Å². The second-order valence-corrected chi connectivity index (χ2v) is 2.98. The molecular weight excluding hydrogens is 219 g/mol. The molecule has 1 aromatic rings. The normalized spacial score (nSPS) is 11.7. The van der Waals surface area contributed by atoms with Crippen LogP contribution in [-0.4, -0.2) is 10.7 Å². The first kappa shape index (κ1) is 11.1. The van der Waals surface area contributed by atoms with Crippen molar-refractivity contribution < 1.29 is 13.2 Å². The van der Waals surface area contributed by atoms with Crippen molar-refractivity contribution in [2.24, 2.45) is 0 Å². The first-order chi connectivity index (χ1) is 6.44. The number of nitrogens with zero attached hydrogens (tertiary/aromatic N) is 1. The van der Waals surface area contributed by atoms with E-state index in [9.17, 15) is 18.0 Å². The van der Waals surface area contributed by atoms with Crippen LogP contribution in [0.25, 0.3) is 0 Å². The number of pyridine rings is 1. The van der Waals surface area contributed by atoms with E-state index in [4.69, 9.17) is 11.6 Å². The molecule has 1 heterocycles. The van der Waals surface area contributed by atoms with Crippen LogP contribution >= 0.6 is 11.6 Å². The van der Waals surface area contributed by atoms with Gasteiger partial charge in [0.1, 0.15) is 6.54 Å². The molecule has 0 spiro atoms. The standard InChI is InChI=1S/C8H7ClF3NO/c9-4-6-2-1-3-13(7(6)14)5-8(10,11)12/h1-3H,4-5H2. The minimum atomic E-state index is -4.39. The minimum absolute atomic E-state index is 0.0858. The van der Waals surface area contributed by atoms with Crippen LogP contribution in [0.4, 0.5) is 13.2 Å². The summed E-state index contributed by atoms with van der Waals surface area (Å²) in [5, 5.41) is 0. The van der Waals surface area contributed by atoms with Gasteiger partial charge in [0, 0.05) is 11.8 Å². The topological polar surface area (TPSA) is 22.0 Å². The van der Waals surface area contributed by atoms with Crippen molar-refractivity contribution in [2.75, 3.05) is 0 Å². The van der Waals surface area contributed by atoms with Gasteiger partial charge in [0.25, 0.3) is 5.56 Å². The fourth-order valence-electron chi connectivity index (χ4n) is 1.01. The highest BCUT2D eigenvalue weighted by atomic mass is 35.5. The Hall–Kier alpha value is -0.970. The van der Waals surface area contributed by atoms with Crippen LogP contribution in [0, 0.1) is 0 Å². The van der Waals surface area contributed by atoms with Crippen LogP contribution < -0.4 is 5.56 Å². The molecule has 0 unspecified atom stereocenters. The Labute approximate surface area is 82.9 Å². The Morgan fingerprint density at radius 1 is 1.43 bits per heavy atom. The molecule has 0 N–H and O–H groups in total. The van der Waals surface area contributed by atoms with E-state index in [0.717, 1.165) is 6.20 Å². The summed E-state index contributed by atoms with van der Waals surface area (Å²) in [6.45, 7) is -1.28. The lowest BCUT2D eigenvalue weighted by molar-refractivity contribution is -0.141. The fourth-order valence-corrected chi connectivity index (χ4v) is 1.21. The Balaban J connectivity index is 3.05. The fraction of sp³-hybridized carbons (Fsp3) is 0.375. The third kappa shape index (κ3) is 2.77. The van der Waals surface area contributed by atoms with Crippen molar-refractivity contribution in [3.8, 4) is 0 Å². The summed E-state index contributed by atoms with van der Waals surface area (Å²) < 4.78 is 36.5. The van der Waals surface area contributed by atoms with Gasteiger partial charge in [-0.1, -0.05) is 6.07 Å². The van der Waals surface area contributed by atoms with Crippen molar-refractivity contribution in [2.45, 2.75) is 18.6 Å². The summed E-state index contributed by atoms with van der Waals surface area (Å²) in [7, 11) is 0. The summed E-state index contributed by atoms with van der Waals surface area (Å²) in [6.07, 6.45) is -3.30. The second-order valence-electron chi connectivity index (χ2n) is 2.72. The number of halogens is 4. The molecule has 0 aliphatic rings. The zero-order valence-electron chi connectivity index (χ0n) is 7.01. The van der Waals surface area contributed by atoms with Crippen molar-refractivity contribution in [1.29, 1.82) is 0 Å². The van der Waals surface area contributed by atoms with Crippen LogP contribution in [-0.2, 0) is 12.4 Å². The molecule has 1 rings (SSSR count). The number of hydrogen-bond acceptors (Lipinski definition) is 1. The minimum Gasteiger partial charge on any atom is -0.306 e. The molecule has 0 saturated carbocycles. The van der Waals surface area contributed by atoms with E-state index >= 15 is 0 Å². The molecule has 0 saturated heterocycles. The third-order valence-corrected chi connectivity index (χ3v) is 1.88. The van der Waals surface area contributed by atoms with Gasteiger partial charge in [0.15, 0.2) is 0 Å². The molecule has 78 valence electrons. The molecule has 14 heavy (non-hydrogen) atoms.